The minimum Gasteiger partial charge on any atom is -0.489 e. The third-order valence-electron chi connectivity index (χ3n) is 6.27. The Labute approximate surface area is 180 Å². The predicted molar refractivity (Wildman–Crippen MR) is 114 cm³/mol. The lowest BCUT2D eigenvalue weighted by molar-refractivity contribution is -0.140. The normalized spacial score (nSPS) is 27.2. The lowest BCUT2D eigenvalue weighted by Crippen LogP contribution is -2.38. The van der Waals surface area contributed by atoms with Gasteiger partial charge in [-0.15, -0.1) is 0 Å². The van der Waals surface area contributed by atoms with Crippen molar-refractivity contribution in [3.63, 3.8) is 0 Å². The number of benzene rings is 2. The van der Waals surface area contributed by atoms with Crippen LogP contribution in [0.3, 0.4) is 0 Å². The van der Waals surface area contributed by atoms with Gasteiger partial charge in [0, 0.05) is 10.6 Å². The molecule has 0 unspecified atom stereocenters. The number of imide groups is 1. The highest BCUT2D eigenvalue weighted by molar-refractivity contribution is 6.31. The fourth-order valence-corrected chi connectivity index (χ4v) is 4.95. The fraction of sp³-hybridized carbons (Fsp3) is 0.292. The summed E-state index contributed by atoms with van der Waals surface area (Å²) in [5.74, 6) is 0.149. The molecule has 1 aliphatic heterocycles. The Bertz CT molecular complexity index is 1030. The first-order valence-electron chi connectivity index (χ1n) is 10.2. The number of halogens is 1. The zero-order valence-electron chi connectivity index (χ0n) is 16.3. The van der Waals surface area contributed by atoms with Crippen LogP contribution in [-0.4, -0.2) is 23.0 Å². The number of carbonyl (C=O) groups is 2. The third-order valence-corrected chi connectivity index (χ3v) is 6.64. The number of hydrazone groups is 1. The lowest BCUT2D eigenvalue weighted by atomic mass is 9.63. The van der Waals surface area contributed by atoms with E-state index in [1.165, 1.54) is 0 Å². The van der Waals surface area contributed by atoms with E-state index < -0.39 is 0 Å². The number of hydrogen-bond acceptors (Lipinski definition) is 4. The Balaban J connectivity index is 1.29. The van der Waals surface area contributed by atoms with E-state index in [0.717, 1.165) is 29.0 Å². The SMILES string of the molecule is O=C1[C@@H]2[C@H](C(=O)N1/N=C\c1cccc(OCc3ccccc3Cl)c1)[C@H]1C=C[C@H]2CC1. The number of carbonyl (C=O) groups excluding carboxylic acids is 2. The molecule has 6 rings (SSSR count). The quantitative estimate of drug-likeness (QED) is 0.408. The van der Waals surface area contributed by atoms with Crippen molar-refractivity contribution >= 4 is 29.6 Å². The van der Waals surface area contributed by atoms with Crippen LogP contribution in [0.1, 0.15) is 24.0 Å². The zero-order valence-corrected chi connectivity index (χ0v) is 17.0. The Morgan fingerprint density at radius 3 is 2.37 bits per heavy atom. The van der Waals surface area contributed by atoms with Gasteiger partial charge in [-0.3, -0.25) is 9.59 Å². The van der Waals surface area contributed by atoms with E-state index in [2.05, 4.69) is 17.3 Å². The second kappa shape index (κ2) is 7.73. The van der Waals surface area contributed by atoms with Gasteiger partial charge in [-0.2, -0.15) is 10.1 Å². The standard InChI is InChI=1S/C24H21ClN2O3/c25-20-7-2-1-5-18(20)14-30-19-6-3-4-15(12-19)13-26-27-23(28)21-16-8-9-17(11-10-16)22(21)24(27)29/h1-9,12-13,16-17,21-22H,10-11,14H2/b26-13-/t16-,17-,21-,22+/m0/s1. The van der Waals surface area contributed by atoms with E-state index in [4.69, 9.17) is 16.3 Å². The molecule has 152 valence electrons. The summed E-state index contributed by atoms with van der Waals surface area (Å²) in [6.45, 7) is 0.350. The first-order chi connectivity index (χ1) is 14.6. The fourth-order valence-electron chi connectivity index (χ4n) is 4.76. The Kier molecular flexibility index (Phi) is 4.91. The van der Waals surface area contributed by atoms with E-state index >= 15 is 0 Å². The highest BCUT2D eigenvalue weighted by atomic mass is 35.5. The topological polar surface area (TPSA) is 59.0 Å². The molecule has 1 saturated heterocycles. The summed E-state index contributed by atoms with van der Waals surface area (Å²) in [7, 11) is 0. The van der Waals surface area contributed by atoms with Crippen LogP contribution < -0.4 is 4.74 Å². The molecule has 0 spiro atoms. The molecule has 30 heavy (non-hydrogen) atoms. The van der Waals surface area contributed by atoms with Crippen LogP contribution in [-0.2, 0) is 16.2 Å². The summed E-state index contributed by atoms with van der Waals surface area (Å²) >= 11 is 6.17. The molecule has 1 saturated carbocycles. The summed E-state index contributed by atoms with van der Waals surface area (Å²) in [4.78, 5) is 25.7. The molecule has 2 aromatic rings. The van der Waals surface area contributed by atoms with Crippen LogP contribution in [0.25, 0.3) is 0 Å². The smallest absolute Gasteiger partial charge is 0.254 e. The number of ether oxygens (including phenoxy) is 1. The van der Waals surface area contributed by atoms with Crippen molar-refractivity contribution in [2.24, 2.45) is 28.8 Å². The van der Waals surface area contributed by atoms with Crippen molar-refractivity contribution < 1.29 is 14.3 Å². The van der Waals surface area contributed by atoms with Gasteiger partial charge in [0.05, 0.1) is 18.1 Å². The van der Waals surface area contributed by atoms with Crippen molar-refractivity contribution in [3.05, 3.63) is 76.8 Å². The summed E-state index contributed by atoms with van der Waals surface area (Å²) in [5.41, 5.74) is 1.65. The molecule has 2 amide bonds. The number of allylic oxidation sites excluding steroid dienone is 2. The van der Waals surface area contributed by atoms with E-state index in [-0.39, 0.29) is 35.5 Å². The first-order valence-corrected chi connectivity index (χ1v) is 10.6. The van der Waals surface area contributed by atoms with Gasteiger partial charge in [-0.25, -0.2) is 0 Å². The van der Waals surface area contributed by atoms with Gasteiger partial charge in [0.25, 0.3) is 11.8 Å². The van der Waals surface area contributed by atoms with Gasteiger partial charge in [-0.1, -0.05) is 54.1 Å². The number of fused-ring (bicyclic) bond motifs is 1. The van der Waals surface area contributed by atoms with Gasteiger partial charge < -0.3 is 4.74 Å². The van der Waals surface area contributed by atoms with Crippen LogP contribution in [0.2, 0.25) is 5.02 Å². The van der Waals surface area contributed by atoms with Crippen LogP contribution >= 0.6 is 11.6 Å². The molecule has 0 radical (unpaired) electrons. The van der Waals surface area contributed by atoms with E-state index in [9.17, 15) is 9.59 Å². The monoisotopic (exact) mass is 420 g/mol. The molecule has 3 aliphatic carbocycles. The zero-order chi connectivity index (χ0) is 20.7. The maximum atomic E-state index is 12.8. The maximum Gasteiger partial charge on any atom is 0.254 e. The highest BCUT2D eigenvalue weighted by Gasteiger charge is 2.56. The van der Waals surface area contributed by atoms with Gasteiger partial charge >= 0.3 is 0 Å². The van der Waals surface area contributed by atoms with Crippen molar-refractivity contribution in [3.8, 4) is 5.75 Å². The molecule has 2 bridgehead atoms. The number of nitrogens with zero attached hydrogens (tertiary/aromatic N) is 2. The molecule has 6 heteroatoms. The van der Waals surface area contributed by atoms with Gasteiger partial charge in [0.15, 0.2) is 0 Å². The van der Waals surface area contributed by atoms with Crippen molar-refractivity contribution in [2.75, 3.05) is 0 Å². The van der Waals surface area contributed by atoms with Gasteiger partial charge in [0.1, 0.15) is 12.4 Å². The molecule has 5 nitrogen and oxygen atoms in total. The molecule has 0 N–H and O–H groups in total. The van der Waals surface area contributed by atoms with Crippen LogP contribution in [0.5, 0.6) is 5.75 Å². The molecule has 2 aromatic carbocycles. The summed E-state index contributed by atoms with van der Waals surface area (Å²) in [5, 5.41) is 5.99. The van der Waals surface area contributed by atoms with Crippen molar-refractivity contribution in [1.82, 2.24) is 5.01 Å². The number of hydrogen-bond donors (Lipinski definition) is 0. The molecule has 1 heterocycles. The van der Waals surface area contributed by atoms with Gasteiger partial charge in [0.2, 0.25) is 0 Å². The van der Waals surface area contributed by atoms with Crippen molar-refractivity contribution in [2.45, 2.75) is 19.4 Å². The van der Waals surface area contributed by atoms with Gasteiger partial charge in [-0.05, 0) is 48.4 Å². The third kappa shape index (κ3) is 3.33. The molecule has 0 aromatic heterocycles. The summed E-state index contributed by atoms with van der Waals surface area (Å²) < 4.78 is 5.84. The Morgan fingerprint density at radius 2 is 1.70 bits per heavy atom. The molecule has 4 aliphatic rings. The van der Waals surface area contributed by atoms with Crippen LogP contribution in [0, 0.1) is 23.7 Å². The molecule has 4 atom stereocenters. The first kappa shape index (κ1) is 19.1. The van der Waals surface area contributed by atoms with E-state index in [0.29, 0.717) is 17.4 Å². The Morgan fingerprint density at radius 1 is 1.00 bits per heavy atom. The number of amides is 2. The molecule has 2 fully saturated rings. The second-order valence-corrected chi connectivity index (χ2v) is 8.43. The Hall–Kier alpha value is -2.92. The highest BCUT2D eigenvalue weighted by Crippen LogP contribution is 2.49. The lowest BCUT2D eigenvalue weighted by Gasteiger charge is -2.37. The maximum absolute atomic E-state index is 12.8. The van der Waals surface area contributed by atoms with Crippen molar-refractivity contribution in [1.29, 1.82) is 0 Å². The summed E-state index contributed by atoms with van der Waals surface area (Å²) in [6.07, 6.45) is 7.71. The second-order valence-electron chi connectivity index (χ2n) is 8.03. The van der Waals surface area contributed by atoms with Crippen LogP contribution in [0.4, 0.5) is 0 Å². The summed E-state index contributed by atoms with van der Waals surface area (Å²) in [6, 6.07) is 14.9. The average molecular weight is 421 g/mol. The molecular weight excluding hydrogens is 400 g/mol. The predicted octanol–water partition coefficient (Wildman–Crippen LogP) is 4.45. The largest absolute Gasteiger partial charge is 0.489 e. The van der Waals surface area contributed by atoms with E-state index in [1.807, 2.05) is 48.5 Å². The minimum absolute atomic E-state index is 0.165. The minimum atomic E-state index is -0.247. The number of rotatable bonds is 5. The van der Waals surface area contributed by atoms with E-state index in [1.54, 1.807) is 6.21 Å². The average Bonchev–Trinajstić information content (AvgIpc) is 3.05. The van der Waals surface area contributed by atoms with Crippen LogP contribution in [0.15, 0.2) is 65.8 Å². The molecular formula is C24H21ClN2O3.